The Hall–Kier alpha value is -3.73. The zero-order chi connectivity index (χ0) is 24.2. The number of hydrogen-bond acceptors (Lipinski definition) is 4. The van der Waals surface area contributed by atoms with Gasteiger partial charge in [-0.15, -0.1) is 11.3 Å². The molecule has 1 heterocycles. The van der Waals surface area contributed by atoms with Crippen LogP contribution in [0.15, 0.2) is 82.1 Å². The molecule has 1 amide bonds. The number of hydrogen-bond donors (Lipinski definition) is 1. The first-order valence-corrected chi connectivity index (χ1v) is 12.1. The predicted molar refractivity (Wildman–Crippen MR) is 140 cm³/mol. The molecule has 1 N–H and O–H groups in total. The summed E-state index contributed by atoms with van der Waals surface area (Å²) in [5.41, 5.74) is 3.59. The van der Waals surface area contributed by atoms with Crippen LogP contribution in [0.4, 0.5) is 5.69 Å². The topological polar surface area (TPSA) is 74.9 Å². The van der Waals surface area contributed by atoms with E-state index in [-0.39, 0.29) is 15.8 Å². The number of amides is 1. The number of aromatic nitrogens is 1. The van der Waals surface area contributed by atoms with Gasteiger partial charge in [-0.05, 0) is 73.0 Å². The van der Waals surface area contributed by atoms with Gasteiger partial charge in [0.05, 0.1) is 10.2 Å². The minimum absolute atomic E-state index is 0.126. The van der Waals surface area contributed by atoms with Crippen molar-refractivity contribution in [1.29, 1.82) is 5.26 Å². The molecule has 0 aliphatic carbocycles. The van der Waals surface area contributed by atoms with Crippen LogP contribution in [-0.4, -0.2) is 10.5 Å². The van der Waals surface area contributed by atoms with Crippen LogP contribution in [-0.2, 0) is 4.79 Å². The molecule has 0 saturated carbocycles. The maximum Gasteiger partial charge on any atom is 0.273 e. The normalized spacial score (nSPS) is 12.2. The van der Waals surface area contributed by atoms with Gasteiger partial charge in [-0.2, -0.15) is 5.26 Å². The van der Waals surface area contributed by atoms with Gasteiger partial charge in [0.25, 0.3) is 11.5 Å². The summed E-state index contributed by atoms with van der Waals surface area (Å²) < 4.78 is 3.01. The maximum absolute atomic E-state index is 13.4. The molecule has 0 bridgehead atoms. The second-order valence-electron chi connectivity index (χ2n) is 7.76. The zero-order valence-electron chi connectivity index (χ0n) is 18.5. The third-order valence-electron chi connectivity index (χ3n) is 5.02. The minimum Gasteiger partial charge on any atom is -0.321 e. The summed E-state index contributed by atoms with van der Waals surface area (Å²) in [4.78, 5) is 26.6. The lowest BCUT2D eigenvalue weighted by atomic mass is 10.1. The van der Waals surface area contributed by atoms with Crippen molar-refractivity contribution >= 4 is 50.5 Å². The number of benzene rings is 3. The van der Waals surface area contributed by atoms with E-state index in [9.17, 15) is 14.9 Å². The van der Waals surface area contributed by atoms with Crippen LogP contribution in [0.25, 0.3) is 17.3 Å². The van der Waals surface area contributed by atoms with E-state index in [1.165, 1.54) is 4.57 Å². The fourth-order valence-electron chi connectivity index (χ4n) is 3.65. The first-order chi connectivity index (χ1) is 16.4. The van der Waals surface area contributed by atoms with Crippen LogP contribution >= 0.6 is 27.3 Å². The lowest BCUT2D eigenvalue weighted by Gasteiger charge is -2.07. The molecule has 4 aromatic rings. The number of carbonyl (C=O) groups is 1. The Labute approximate surface area is 209 Å². The average molecular weight is 530 g/mol. The van der Waals surface area contributed by atoms with Crippen LogP contribution < -0.4 is 20.1 Å². The van der Waals surface area contributed by atoms with E-state index < -0.39 is 5.91 Å². The lowest BCUT2D eigenvalue weighted by molar-refractivity contribution is -0.111. The lowest BCUT2D eigenvalue weighted by Crippen LogP contribution is -2.32. The summed E-state index contributed by atoms with van der Waals surface area (Å²) in [6, 6.07) is 24.3. The molecule has 0 aliphatic heterocycles. The number of nitrogens with zero attached hydrogens (tertiary/aromatic N) is 2. The molecule has 0 atom stereocenters. The number of nitrogens with one attached hydrogen (secondary N) is 1. The molecule has 0 fully saturated rings. The van der Waals surface area contributed by atoms with Crippen LogP contribution in [0.3, 0.4) is 0 Å². The van der Waals surface area contributed by atoms with E-state index in [1.807, 2.05) is 80.6 Å². The van der Waals surface area contributed by atoms with Crippen molar-refractivity contribution in [3.05, 3.63) is 114 Å². The Morgan fingerprint density at radius 1 is 1.03 bits per heavy atom. The van der Waals surface area contributed by atoms with Crippen LogP contribution in [0.2, 0.25) is 0 Å². The average Bonchev–Trinajstić information content (AvgIpc) is 3.09. The number of para-hydroxylation sites is 1. The third-order valence-corrected chi connectivity index (χ3v) is 6.60. The largest absolute Gasteiger partial charge is 0.321 e. The molecule has 5 nitrogen and oxygen atoms in total. The van der Waals surface area contributed by atoms with Crippen LogP contribution in [0.1, 0.15) is 16.7 Å². The Morgan fingerprint density at radius 2 is 1.74 bits per heavy atom. The quantitative estimate of drug-likeness (QED) is 0.425. The minimum atomic E-state index is -0.563. The Bertz CT molecular complexity index is 1590. The summed E-state index contributed by atoms with van der Waals surface area (Å²) >= 11 is 4.56. The highest BCUT2D eigenvalue weighted by Crippen LogP contribution is 2.15. The van der Waals surface area contributed by atoms with Gasteiger partial charge in [0.15, 0.2) is 5.57 Å². The predicted octanol–water partition coefficient (Wildman–Crippen LogP) is 4.42. The standard InChI is InChI=1S/C27H20BrN3O2S/c1-17-11-18(2)13-21(12-17)30-25(32)23(16-29)27-31(22-9-4-3-5-10-22)26(33)24(34-27)15-19-7-6-8-20(28)14-19/h3-15H,1-2H3,(H,30,32). The summed E-state index contributed by atoms with van der Waals surface area (Å²) in [5, 5.41) is 12.8. The Morgan fingerprint density at radius 3 is 2.38 bits per heavy atom. The smallest absolute Gasteiger partial charge is 0.273 e. The number of aryl methyl sites for hydroxylation is 2. The molecule has 168 valence electrons. The number of rotatable bonds is 4. The van der Waals surface area contributed by atoms with E-state index in [4.69, 9.17) is 0 Å². The molecule has 0 aliphatic rings. The molecule has 4 rings (SSSR count). The molecule has 0 saturated heterocycles. The molecule has 3 aromatic carbocycles. The van der Waals surface area contributed by atoms with E-state index in [2.05, 4.69) is 21.2 Å². The Kier molecular flexibility index (Phi) is 6.92. The number of carbonyl (C=O) groups excluding carboxylic acids is 1. The molecular weight excluding hydrogens is 510 g/mol. The first kappa shape index (κ1) is 23.4. The number of halogens is 1. The van der Waals surface area contributed by atoms with Crippen molar-refractivity contribution in [2.24, 2.45) is 0 Å². The summed E-state index contributed by atoms with van der Waals surface area (Å²) in [6.45, 7) is 3.88. The van der Waals surface area contributed by atoms with E-state index in [0.717, 1.165) is 32.5 Å². The van der Waals surface area contributed by atoms with Crippen LogP contribution in [0, 0.1) is 25.2 Å². The van der Waals surface area contributed by atoms with Crippen molar-refractivity contribution in [3.8, 4) is 11.8 Å². The number of anilines is 1. The SMILES string of the molecule is Cc1cc(C)cc(NC(=O)C(C#N)=c2sc(=Cc3cccc(Br)c3)c(=O)n2-c2ccccc2)c1. The van der Waals surface area contributed by atoms with E-state index in [0.29, 0.717) is 15.9 Å². The van der Waals surface area contributed by atoms with Gasteiger partial charge in [0.1, 0.15) is 10.7 Å². The molecule has 0 radical (unpaired) electrons. The molecule has 1 aromatic heterocycles. The molecule has 0 spiro atoms. The van der Waals surface area contributed by atoms with Crippen molar-refractivity contribution in [1.82, 2.24) is 4.57 Å². The highest BCUT2D eigenvalue weighted by atomic mass is 79.9. The summed E-state index contributed by atoms with van der Waals surface area (Å²) in [6.07, 6.45) is 1.76. The first-order valence-electron chi connectivity index (χ1n) is 10.4. The fourth-order valence-corrected chi connectivity index (χ4v) is 5.16. The summed E-state index contributed by atoms with van der Waals surface area (Å²) in [7, 11) is 0. The monoisotopic (exact) mass is 529 g/mol. The van der Waals surface area contributed by atoms with Gasteiger partial charge >= 0.3 is 0 Å². The molecule has 0 unspecified atom stereocenters. The van der Waals surface area contributed by atoms with Gasteiger partial charge in [0, 0.05) is 10.2 Å². The van der Waals surface area contributed by atoms with Crippen molar-refractivity contribution in [2.45, 2.75) is 13.8 Å². The van der Waals surface area contributed by atoms with Gasteiger partial charge in [0.2, 0.25) is 0 Å². The second kappa shape index (κ2) is 10.0. The van der Waals surface area contributed by atoms with E-state index in [1.54, 1.807) is 18.2 Å². The van der Waals surface area contributed by atoms with Crippen molar-refractivity contribution in [2.75, 3.05) is 5.32 Å². The molecule has 7 heteroatoms. The second-order valence-corrected chi connectivity index (χ2v) is 9.71. The van der Waals surface area contributed by atoms with Gasteiger partial charge < -0.3 is 5.32 Å². The van der Waals surface area contributed by atoms with Crippen LogP contribution in [0.5, 0.6) is 0 Å². The summed E-state index contributed by atoms with van der Waals surface area (Å²) in [5.74, 6) is -0.563. The number of thiazole rings is 1. The number of nitriles is 1. The van der Waals surface area contributed by atoms with E-state index >= 15 is 0 Å². The van der Waals surface area contributed by atoms with Gasteiger partial charge in [-0.25, -0.2) is 0 Å². The molecular formula is C27H20BrN3O2S. The fraction of sp³-hybridized carbons (Fsp3) is 0.0741. The highest BCUT2D eigenvalue weighted by molar-refractivity contribution is 9.10. The van der Waals surface area contributed by atoms with Crippen molar-refractivity contribution in [3.63, 3.8) is 0 Å². The van der Waals surface area contributed by atoms with Gasteiger partial charge in [-0.1, -0.05) is 52.3 Å². The van der Waals surface area contributed by atoms with Crippen molar-refractivity contribution < 1.29 is 4.79 Å². The van der Waals surface area contributed by atoms with Gasteiger partial charge in [-0.3, -0.25) is 14.2 Å². The maximum atomic E-state index is 13.4. The molecule has 34 heavy (non-hydrogen) atoms. The highest BCUT2D eigenvalue weighted by Gasteiger charge is 2.17. The Balaban J connectivity index is 1.95. The third kappa shape index (κ3) is 5.09. The zero-order valence-corrected chi connectivity index (χ0v) is 20.9.